The van der Waals surface area contributed by atoms with Gasteiger partial charge < -0.3 is 4.74 Å². The van der Waals surface area contributed by atoms with Crippen LogP contribution in [0.2, 0.25) is 0 Å². The van der Waals surface area contributed by atoms with E-state index in [0.29, 0.717) is 0 Å². The molecule has 2 nitrogen and oxygen atoms in total. The quantitative estimate of drug-likeness (QED) is 0.596. The third-order valence-corrected chi connectivity index (χ3v) is 2.26. The van der Waals surface area contributed by atoms with Crippen LogP contribution in [-0.2, 0) is 4.74 Å². The molecular weight excluding hydrogens is 158 g/mol. The predicted molar refractivity (Wildman–Crippen MR) is 49.0 cm³/mol. The van der Waals surface area contributed by atoms with Gasteiger partial charge in [-0.3, -0.25) is 4.90 Å². The van der Waals surface area contributed by atoms with E-state index in [1.54, 1.807) is 0 Å². The summed E-state index contributed by atoms with van der Waals surface area (Å²) in [5.41, 5.74) is 0. The van der Waals surface area contributed by atoms with Gasteiger partial charge in [-0.2, -0.15) is 0 Å². The van der Waals surface area contributed by atoms with Crippen LogP contribution in [0, 0.1) is 0 Å². The van der Waals surface area contributed by atoms with E-state index in [2.05, 4.69) is 4.90 Å². The lowest BCUT2D eigenvalue weighted by Crippen LogP contribution is -2.36. The van der Waals surface area contributed by atoms with Gasteiger partial charge in [0, 0.05) is 18.8 Å². The number of nitrogens with zero attached hydrogens (tertiary/aromatic N) is 1. The molecule has 1 aliphatic rings. The molecule has 0 aromatic rings. The van der Waals surface area contributed by atoms with Crippen molar-refractivity contribution in [3.05, 3.63) is 0 Å². The zero-order chi connectivity index (χ0) is 7.94. The van der Waals surface area contributed by atoms with E-state index in [0.717, 1.165) is 32.1 Å². The first-order valence-corrected chi connectivity index (χ1v) is 4.89. The van der Waals surface area contributed by atoms with Crippen molar-refractivity contribution in [2.24, 2.45) is 0 Å². The molecule has 0 saturated carbocycles. The minimum absolute atomic E-state index is 0.907. The molecule has 1 aliphatic heterocycles. The van der Waals surface area contributed by atoms with Crippen molar-refractivity contribution < 1.29 is 4.74 Å². The van der Waals surface area contributed by atoms with E-state index in [1.165, 1.54) is 19.4 Å². The molecular formula is C8H16NOS. The van der Waals surface area contributed by atoms with Crippen molar-refractivity contribution in [2.75, 3.05) is 38.6 Å². The van der Waals surface area contributed by atoms with Gasteiger partial charge in [-0.25, -0.2) is 0 Å². The summed E-state index contributed by atoms with van der Waals surface area (Å²) >= 11 is 4.88. The molecule has 0 amide bonds. The number of unbranched alkanes of at least 4 members (excludes halogenated alkanes) is 1. The van der Waals surface area contributed by atoms with E-state index >= 15 is 0 Å². The van der Waals surface area contributed by atoms with Gasteiger partial charge in [0.1, 0.15) is 0 Å². The minimum Gasteiger partial charge on any atom is -0.379 e. The Bertz CT molecular complexity index is 94.1. The van der Waals surface area contributed by atoms with Gasteiger partial charge in [0.05, 0.1) is 13.2 Å². The average Bonchev–Trinajstić information content (AvgIpc) is 2.07. The molecule has 11 heavy (non-hydrogen) atoms. The number of rotatable bonds is 4. The Morgan fingerprint density at radius 2 is 1.91 bits per heavy atom. The molecule has 65 valence electrons. The highest BCUT2D eigenvalue weighted by Crippen LogP contribution is 2.00. The van der Waals surface area contributed by atoms with Crippen molar-refractivity contribution >= 4 is 12.6 Å². The molecule has 0 unspecified atom stereocenters. The molecule has 1 rings (SSSR count). The summed E-state index contributed by atoms with van der Waals surface area (Å²) < 4.78 is 5.24. The maximum absolute atomic E-state index is 5.24. The molecule has 0 bridgehead atoms. The van der Waals surface area contributed by atoms with Crippen molar-refractivity contribution in [1.82, 2.24) is 4.90 Å². The Labute approximate surface area is 74.3 Å². The first kappa shape index (κ1) is 9.36. The highest BCUT2D eigenvalue weighted by atomic mass is 32.1. The van der Waals surface area contributed by atoms with Crippen molar-refractivity contribution in [1.29, 1.82) is 0 Å². The van der Waals surface area contributed by atoms with Crippen LogP contribution in [0.4, 0.5) is 0 Å². The van der Waals surface area contributed by atoms with Crippen molar-refractivity contribution in [3.63, 3.8) is 0 Å². The standard InChI is InChI=1S/C8H16NOS/c11-8-2-1-3-9-4-6-10-7-5-9/h1-8H2. The molecule has 1 heterocycles. The molecule has 0 spiro atoms. The van der Waals surface area contributed by atoms with Crippen LogP contribution in [0.3, 0.4) is 0 Å². The molecule has 0 aromatic heterocycles. The smallest absolute Gasteiger partial charge is 0.0594 e. The lowest BCUT2D eigenvalue weighted by Gasteiger charge is -2.26. The molecule has 3 heteroatoms. The topological polar surface area (TPSA) is 12.5 Å². The van der Waals surface area contributed by atoms with Gasteiger partial charge in [0.15, 0.2) is 0 Å². The van der Waals surface area contributed by atoms with Crippen LogP contribution in [0.15, 0.2) is 0 Å². The molecule has 0 N–H and O–H groups in total. The summed E-state index contributed by atoms with van der Waals surface area (Å²) in [7, 11) is 0. The fraction of sp³-hybridized carbons (Fsp3) is 1.00. The third-order valence-electron chi connectivity index (χ3n) is 1.97. The van der Waals surface area contributed by atoms with E-state index in [1.807, 2.05) is 0 Å². The summed E-state index contributed by atoms with van der Waals surface area (Å²) in [4.78, 5) is 2.45. The Kier molecular flexibility index (Phi) is 4.99. The first-order valence-electron chi connectivity index (χ1n) is 4.31. The second-order valence-corrected chi connectivity index (χ2v) is 3.27. The Hall–Kier alpha value is 0.270. The average molecular weight is 174 g/mol. The van der Waals surface area contributed by atoms with Gasteiger partial charge in [-0.1, -0.05) is 12.6 Å². The van der Waals surface area contributed by atoms with E-state index in [-0.39, 0.29) is 0 Å². The number of hydrogen-bond donors (Lipinski definition) is 0. The Balaban J connectivity index is 1.96. The highest BCUT2D eigenvalue weighted by molar-refractivity contribution is 7.80. The summed E-state index contributed by atoms with van der Waals surface area (Å²) in [6.07, 6.45) is 2.44. The maximum Gasteiger partial charge on any atom is 0.0594 e. The fourth-order valence-electron chi connectivity index (χ4n) is 1.26. The van der Waals surface area contributed by atoms with Crippen LogP contribution in [0.25, 0.3) is 0 Å². The summed E-state index contributed by atoms with van der Waals surface area (Å²) in [5.74, 6) is 0.907. The molecule has 0 aliphatic carbocycles. The number of ether oxygens (including phenoxy) is 1. The second-order valence-electron chi connectivity index (χ2n) is 2.87. The lowest BCUT2D eigenvalue weighted by atomic mass is 10.3. The Morgan fingerprint density at radius 1 is 1.18 bits per heavy atom. The van der Waals surface area contributed by atoms with Crippen LogP contribution in [0.5, 0.6) is 0 Å². The van der Waals surface area contributed by atoms with Gasteiger partial charge in [-0.05, 0) is 19.4 Å². The largest absolute Gasteiger partial charge is 0.379 e. The number of morpholine rings is 1. The molecule has 1 fully saturated rings. The SMILES string of the molecule is [S]CCCCN1CCOCC1. The molecule has 1 saturated heterocycles. The van der Waals surface area contributed by atoms with Gasteiger partial charge in [0.2, 0.25) is 0 Å². The van der Waals surface area contributed by atoms with Crippen LogP contribution in [-0.4, -0.2) is 43.5 Å². The highest BCUT2D eigenvalue weighted by Gasteiger charge is 2.08. The maximum atomic E-state index is 5.24. The number of hydrogen-bond acceptors (Lipinski definition) is 2. The normalized spacial score (nSPS) is 20.5. The predicted octanol–water partition coefficient (Wildman–Crippen LogP) is 1.30. The van der Waals surface area contributed by atoms with Gasteiger partial charge in [-0.15, -0.1) is 0 Å². The van der Waals surface area contributed by atoms with Gasteiger partial charge >= 0.3 is 0 Å². The molecule has 1 radical (unpaired) electrons. The monoisotopic (exact) mass is 174 g/mol. The van der Waals surface area contributed by atoms with Gasteiger partial charge in [0.25, 0.3) is 0 Å². The molecule has 0 atom stereocenters. The van der Waals surface area contributed by atoms with Crippen molar-refractivity contribution in [3.8, 4) is 0 Å². The first-order chi connectivity index (χ1) is 5.43. The summed E-state index contributed by atoms with van der Waals surface area (Å²) in [5, 5.41) is 0. The van der Waals surface area contributed by atoms with Crippen LogP contribution >= 0.6 is 12.6 Å². The zero-order valence-corrected chi connectivity index (χ0v) is 7.74. The zero-order valence-electron chi connectivity index (χ0n) is 6.92. The van der Waals surface area contributed by atoms with Crippen LogP contribution < -0.4 is 0 Å². The summed E-state index contributed by atoms with van der Waals surface area (Å²) in [6, 6.07) is 0. The lowest BCUT2D eigenvalue weighted by molar-refractivity contribution is 0.0374. The Morgan fingerprint density at radius 3 is 2.55 bits per heavy atom. The van der Waals surface area contributed by atoms with E-state index in [4.69, 9.17) is 17.4 Å². The van der Waals surface area contributed by atoms with Crippen molar-refractivity contribution in [2.45, 2.75) is 12.8 Å². The fourth-order valence-corrected chi connectivity index (χ4v) is 1.47. The second kappa shape index (κ2) is 5.86. The van der Waals surface area contributed by atoms with Crippen LogP contribution in [0.1, 0.15) is 12.8 Å². The third kappa shape index (κ3) is 3.99. The molecule has 0 aromatic carbocycles. The minimum atomic E-state index is 0.907. The van der Waals surface area contributed by atoms with E-state index in [9.17, 15) is 0 Å². The summed E-state index contributed by atoms with van der Waals surface area (Å²) in [6.45, 7) is 5.25. The van der Waals surface area contributed by atoms with E-state index < -0.39 is 0 Å².